The largest absolute Gasteiger partial charge is 0.372 e. The van der Waals surface area contributed by atoms with Gasteiger partial charge in [-0.25, -0.2) is 13.6 Å². The maximum atomic E-state index is 11.3. The molecule has 0 radical (unpaired) electrons. The molecule has 2 heterocycles. The Kier molecular flexibility index (Phi) is 1.88. The first-order valence-corrected chi connectivity index (χ1v) is 6.34. The number of nitrogens with one attached hydrogen (secondary N) is 1. The molecule has 84 valence electrons. The van der Waals surface area contributed by atoms with Gasteiger partial charge in [0.25, 0.3) is 0 Å². The van der Waals surface area contributed by atoms with E-state index in [1.807, 2.05) is 6.07 Å². The summed E-state index contributed by atoms with van der Waals surface area (Å²) in [5.74, 6) is 0. The van der Waals surface area contributed by atoms with Crippen LogP contribution in [-0.4, -0.2) is 13.4 Å². The zero-order valence-electron chi connectivity index (χ0n) is 8.36. The van der Waals surface area contributed by atoms with E-state index in [0.717, 1.165) is 16.6 Å². The van der Waals surface area contributed by atoms with Gasteiger partial charge >= 0.3 is 0 Å². The normalized spacial score (nSPS) is 15.6. The predicted octanol–water partition coefficient (Wildman–Crippen LogP) is 0.846. The van der Waals surface area contributed by atoms with Gasteiger partial charge in [0, 0.05) is 17.1 Å². The monoisotopic (exact) mass is 238 g/mol. The molecular formula is C10H10N2O3S. The summed E-state index contributed by atoms with van der Waals surface area (Å²) in [5, 5.41) is 5.76. The maximum Gasteiger partial charge on any atom is 0.240 e. The molecule has 2 aromatic rings. The molecule has 0 aliphatic carbocycles. The molecule has 1 aromatic heterocycles. The Labute approximate surface area is 92.3 Å². The number of H-pyrrole nitrogens is 1. The Morgan fingerprint density at radius 3 is 2.88 bits per heavy atom. The van der Waals surface area contributed by atoms with Crippen molar-refractivity contribution in [2.24, 2.45) is 5.14 Å². The number of hydrogen-bond acceptors (Lipinski definition) is 3. The molecule has 0 saturated heterocycles. The van der Waals surface area contributed by atoms with E-state index in [2.05, 4.69) is 4.98 Å². The van der Waals surface area contributed by atoms with Gasteiger partial charge in [-0.05, 0) is 5.56 Å². The molecule has 0 unspecified atom stereocenters. The van der Waals surface area contributed by atoms with E-state index < -0.39 is 10.0 Å². The van der Waals surface area contributed by atoms with E-state index >= 15 is 0 Å². The first-order chi connectivity index (χ1) is 7.57. The van der Waals surface area contributed by atoms with Crippen molar-refractivity contribution in [1.82, 2.24) is 4.98 Å². The molecule has 0 bridgehead atoms. The third kappa shape index (κ3) is 1.27. The minimum atomic E-state index is -3.68. The summed E-state index contributed by atoms with van der Waals surface area (Å²) in [6.45, 7) is 1.09. The average molecular weight is 238 g/mol. The number of benzene rings is 1. The van der Waals surface area contributed by atoms with Crippen LogP contribution in [0.15, 0.2) is 23.2 Å². The Hall–Kier alpha value is -1.37. The number of aromatic amines is 1. The van der Waals surface area contributed by atoms with Gasteiger partial charge in [-0.3, -0.25) is 0 Å². The molecule has 0 amide bonds. The second-order valence-corrected chi connectivity index (χ2v) is 5.35. The fourth-order valence-electron chi connectivity index (χ4n) is 2.08. The van der Waals surface area contributed by atoms with Crippen LogP contribution in [0.1, 0.15) is 11.1 Å². The quantitative estimate of drug-likeness (QED) is 0.772. The number of fused-ring (bicyclic) bond motifs is 3. The molecule has 0 saturated carbocycles. The third-order valence-electron chi connectivity index (χ3n) is 2.83. The van der Waals surface area contributed by atoms with Crippen molar-refractivity contribution in [1.29, 1.82) is 0 Å². The molecule has 5 nitrogen and oxygen atoms in total. The summed E-state index contributed by atoms with van der Waals surface area (Å²) in [5.41, 5.74) is 2.92. The van der Waals surface area contributed by atoms with Gasteiger partial charge in [0.2, 0.25) is 10.0 Å². The Morgan fingerprint density at radius 2 is 2.12 bits per heavy atom. The zero-order chi connectivity index (χ0) is 11.3. The number of aromatic nitrogens is 1. The highest BCUT2D eigenvalue weighted by molar-refractivity contribution is 7.89. The molecule has 1 aliphatic rings. The highest BCUT2D eigenvalue weighted by atomic mass is 32.2. The summed E-state index contributed by atoms with van der Waals surface area (Å²) < 4.78 is 28.0. The molecule has 1 aromatic carbocycles. The first kappa shape index (κ1) is 9.83. The van der Waals surface area contributed by atoms with Crippen LogP contribution in [0.2, 0.25) is 0 Å². The SMILES string of the molecule is NS(=O)(=O)c1c[nH]c2c3c(ccc12)COC3. The minimum absolute atomic E-state index is 0.136. The molecule has 3 N–H and O–H groups in total. The summed E-state index contributed by atoms with van der Waals surface area (Å²) >= 11 is 0. The number of hydrogen-bond donors (Lipinski definition) is 2. The van der Waals surface area contributed by atoms with Gasteiger partial charge in [-0.2, -0.15) is 0 Å². The standard InChI is InChI=1S/C10H10N2O3S/c11-16(13,14)9-3-12-10-7(9)2-1-6-4-15-5-8(6)10/h1-3,12H,4-5H2,(H2,11,13,14). The van der Waals surface area contributed by atoms with Gasteiger partial charge in [0.15, 0.2) is 0 Å². The van der Waals surface area contributed by atoms with Crippen LogP contribution in [-0.2, 0) is 28.0 Å². The van der Waals surface area contributed by atoms with Crippen LogP contribution >= 0.6 is 0 Å². The van der Waals surface area contributed by atoms with Crippen LogP contribution in [0.4, 0.5) is 0 Å². The molecule has 0 spiro atoms. The van der Waals surface area contributed by atoms with Crippen LogP contribution in [0, 0.1) is 0 Å². The van der Waals surface area contributed by atoms with E-state index in [1.54, 1.807) is 6.07 Å². The first-order valence-electron chi connectivity index (χ1n) is 4.80. The van der Waals surface area contributed by atoms with Crippen molar-refractivity contribution in [3.8, 4) is 0 Å². The van der Waals surface area contributed by atoms with Crippen molar-refractivity contribution in [2.75, 3.05) is 0 Å². The predicted molar refractivity (Wildman–Crippen MR) is 58.2 cm³/mol. The molecule has 16 heavy (non-hydrogen) atoms. The number of nitrogens with two attached hydrogens (primary N) is 1. The van der Waals surface area contributed by atoms with Gasteiger partial charge in [0.1, 0.15) is 4.90 Å². The number of sulfonamides is 1. The van der Waals surface area contributed by atoms with E-state index in [9.17, 15) is 8.42 Å². The zero-order valence-corrected chi connectivity index (χ0v) is 9.17. The van der Waals surface area contributed by atoms with Crippen molar-refractivity contribution in [3.05, 3.63) is 29.5 Å². The molecule has 6 heteroatoms. The van der Waals surface area contributed by atoms with Crippen molar-refractivity contribution in [3.63, 3.8) is 0 Å². The number of primary sulfonamides is 1. The molecule has 1 aliphatic heterocycles. The van der Waals surface area contributed by atoms with Crippen LogP contribution in [0.5, 0.6) is 0 Å². The number of ether oxygens (including phenoxy) is 1. The minimum Gasteiger partial charge on any atom is -0.372 e. The lowest BCUT2D eigenvalue weighted by Crippen LogP contribution is -2.11. The Balaban J connectivity index is 2.39. The van der Waals surface area contributed by atoms with E-state index in [1.165, 1.54) is 6.20 Å². The van der Waals surface area contributed by atoms with E-state index in [0.29, 0.717) is 18.6 Å². The van der Waals surface area contributed by atoms with Crippen molar-refractivity contribution >= 4 is 20.9 Å². The smallest absolute Gasteiger partial charge is 0.240 e. The lowest BCUT2D eigenvalue weighted by atomic mass is 10.1. The molecular weight excluding hydrogens is 228 g/mol. The highest BCUT2D eigenvalue weighted by Gasteiger charge is 2.20. The van der Waals surface area contributed by atoms with Crippen LogP contribution in [0.25, 0.3) is 10.9 Å². The highest BCUT2D eigenvalue weighted by Crippen LogP contribution is 2.30. The fraction of sp³-hybridized carbons (Fsp3) is 0.200. The summed E-state index contributed by atoms with van der Waals surface area (Å²) in [6.07, 6.45) is 1.43. The van der Waals surface area contributed by atoms with E-state index in [4.69, 9.17) is 9.88 Å². The summed E-state index contributed by atoms with van der Waals surface area (Å²) in [4.78, 5) is 3.09. The lowest BCUT2D eigenvalue weighted by molar-refractivity contribution is 0.135. The maximum absolute atomic E-state index is 11.3. The average Bonchev–Trinajstić information content (AvgIpc) is 2.81. The second kappa shape index (κ2) is 3.07. The Morgan fingerprint density at radius 1 is 1.31 bits per heavy atom. The molecule has 0 atom stereocenters. The summed E-state index contributed by atoms with van der Waals surface area (Å²) in [6, 6.07) is 3.65. The van der Waals surface area contributed by atoms with Gasteiger partial charge < -0.3 is 9.72 Å². The second-order valence-electron chi connectivity index (χ2n) is 3.82. The van der Waals surface area contributed by atoms with Crippen LogP contribution in [0.3, 0.4) is 0 Å². The molecule has 3 rings (SSSR count). The lowest BCUT2D eigenvalue weighted by Gasteiger charge is -1.99. The van der Waals surface area contributed by atoms with Crippen LogP contribution < -0.4 is 5.14 Å². The number of rotatable bonds is 1. The topological polar surface area (TPSA) is 85.2 Å². The molecule has 0 fully saturated rings. The van der Waals surface area contributed by atoms with Gasteiger partial charge in [-0.1, -0.05) is 12.1 Å². The Bertz CT molecular complexity index is 673. The fourth-order valence-corrected chi connectivity index (χ4v) is 2.77. The summed E-state index contributed by atoms with van der Waals surface area (Å²) in [7, 11) is -3.68. The van der Waals surface area contributed by atoms with Crippen molar-refractivity contribution < 1.29 is 13.2 Å². The van der Waals surface area contributed by atoms with Crippen molar-refractivity contribution in [2.45, 2.75) is 18.1 Å². The third-order valence-corrected chi connectivity index (χ3v) is 3.78. The van der Waals surface area contributed by atoms with E-state index in [-0.39, 0.29) is 4.90 Å². The van der Waals surface area contributed by atoms with Gasteiger partial charge in [0.05, 0.1) is 18.7 Å². The van der Waals surface area contributed by atoms with Gasteiger partial charge in [-0.15, -0.1) is 0 Å².